The van der Waals surface area contributed by atoms with Crippen molar-refractivity contribution in [1.82, 2.24) is 5.32 Å². The Kier molecular flexibility index (Phi) is 7.19. The third-order valence-electron chi connectivity index (χ3n) is 8.97. The summed E-state index contributed by atoms with van der Waals surface area (Å²) in [6.07, 6.45) is 2.81. The number of phenols is 1. The lowest BCUT2D eigenvalue weighted by Gasteiger charge is -2.61. The van der Waals surface area contributed by atoms with Crippen LogP contribution in [0.3, 0.4) is 0 Å². The number of esters is 1. The number of benzene rings is 3. The van der Waals surface area contributed by atoms with Gasteiger partial charge in [0.2, 0.25) is 0 Å². The van der Waals surface area contributed by atoms with E-state index in [-0.39, 0.29) is 23.7 Å². The fourth-order valence-electron chi connectivity index (χ4n) is 7.62. The minimum absolute atomic E-state index is 0.0862. The molecule has 5 rings (SSSR count). The van der Waals surface area contributed by atoms with Crippen molar-refractivity contribution in [3.8, 4) is 5.75 Å². The molecule has 4 atom stereocenters. The summed E-state index contributed by atoms with van der Waals surface area (Å²) in [6, 6.07) is 21.2. The first-order valence-electron chi connectivity index (χ1n) is 14.2. The number of carbonyl (C=O) groups is 2. The number of carbonyl (C=O) groups excluding carboxylic acids is 2. The van der Waals surface area contributed by atoms with E-state index in [4.69, 9.17) is 4.74 Å². The lowest BCUT2D eigenvalue weighted by atomic mass is 9.54. The number of hydrogen-bond acceptors (Lipinski definition) is 4. The Balaban J connectivity index is 1.50. The van der Waals surface area contributed by atoms with Crippen LogP contribution in [0, 0.1) is 5.92 Å². The topological polar surface area (TPSA) is 75.6 Å². The van der Waals surface area contributed by atoms with Gasteiger partial charge in [0.15, 0.2) is 5.60 Å². The first-order valence-corrected chi connectivity index (χ1v) is 14.2. The number of hydrogen-bond donors (Lipinski definition) is 2. The Hall–Kier alpha value is -3.38. The lowest BCUT2D eigenvalue weighted by molar-refractivity contribution is -0.925. The van der Waals surface area contributed by atoms with Crippen molar-refractivity contribution >= 4 is 22.6 Å². The number of fused-ring (bicyclic) bond motifs is 2. The van der Waals surface area contributed by atoms with Gasteiger partial charge in [0.1, 0.15) is 12.3 Å². The summed E-state index contributed by atoms with van der Waals surface area (Å²) in [5, 5.41) is 15.9. The quantitative estimate of drug-likeness (QED) is 0.323. The summed E-state index contributed by atoms with van der Waals surface area (Å²) in [7, 11) is 2.27. The average Bonchev–Trinajstić information content (AvgIpc) is 2.87. The maximum atomic E-state index is 13.5. The van der Waals surface area contributed by atoms with E-state index >= 15 is 0 Å². The Bertz CT molecular complexity index is 1390. The van der Waals surface area contributed by atoms with Gasteiger partial charge in [0.05, 0.1) is 20.1 Å². The van der Waals surface area contributed by atoms with Crippen LogP contribution in [0.1, 0.15) is 62.4 Å². The third-order valence-corrected chi connectivity index (χ3v) is 8.97. The van der Waals surface area contributed by atoms with Crippen LogP contribution in [0.15, 0.2) is 66.7 Å². The van der Waals surface area contributed by atoms with Gasteiger partial charge in [-0.05, 0) is 59.9 Å². The molecule has 0 spiro atoms. The molecule has 1 heterocycles. The Morgan fingerprint density at radius 1 is 1.05 bits per heavy atom. The molecule has 2 N–H and O–H groups in total. The number of piperidine rings is 1. The van der Waals surface area contributed by atoms with E-state index in [9.17, 15) is 14.7 Å². The normalized spacial score (nSPS) is 28.6. The van der Waals surface area contributed by atoms with Crippen molar-refractivity contribution in [2.75, 3.05) is 26.7 Å². The molecule has 206 valence electrons. The molecular formula is C33H41N2O4+. The summed E-state index contributed by atoms with van der Waals surface area (Å²) in [5.74, 6) is 0.338. The van der Waals surface area contributed by atoms with Gasteiger partial charge in [-0.25, -0.2) is 0 Å². The first-order chi connectivity index (χ1) is 18.5. The number of quaternary nitrogens is 1. The predicted molar refractivity (Wildman–Crippen MR) is 154 cm³/mol. The summed E-state index contributed by atoms with van der Waals surface area (Å²) in [6.45, 7) is 8.61. The minimum atomic E-state index is -0.724. The molecule has 6 heteroatoms. The van der Waals surface area contributed by atoms with Crippen molar-refractivity contribution in [3.05, 3.63) is 77.9 Å². The Morgan fingerprint density at radius 3 is 2.54 bits per heavy atom. The van der Waals surface area contributed by atoms with Crippen LogP contribution < -0.4 is 5.32 Å². The second-order valence-corrected chi connectivity index (χ2v) is 12.5. The fraction of sp³-hybridized carbons (Fsp3) is 0.455. The van der Waals surface area contributed by atoms with Crippen LogP contribution in [0.2, 0.25) is 0 Å². The van der Waals surface area contributed by atoms with E-state index in [1.165, 1.54) is 6.92 Å². The molecule has 1 amide bonds. The smallest absolute Gasteiger partial charge is 0.303 e. The number of nitrogens with one attached hydrogen (secondary N) is 1. The van der Waals surface area contributed by atoms with E-state index < -0.39 is 11.0 Å². The number of amides is 1. The van der Waals surface area contributed by atoms with Gasteiger partial charge in [-0.1, -0.05) is 56.3 Å². The van der Waals surface area contributed by atoms with Crippen LogP contribution in [0.4, 0.5) is 0 Å². The molecule has 39 heavy (non-hydrogen) atoms. The highest BCUT2D eigenvalue weighted by molar-refractivity contribution is 5.98. The van der Waals surface area contributed by atoms with Crippen molar-refractivity contribution in [2.45, 2.75) is 63.5 Å². The molecule has 1 saturated carbocycles. The monoisotopic (exact) mass is 529 g/mol. The number of likely N-dealkylation sites (N-methyl/N-ethyl adjacent to an activating group) is 1. The zero-order valence-corrected chi connectivity index (χ0v) is 23.6. The van der Waals surface area contributed by atoms with Crippen LogP contribution in [-0.2, 0) is 14.9 Å². The van der Waals surface area contributed by atoms with E-state index in [0.717, 1.165) is 46.8 Å². The van der Waals surface area contributed by atoms with Crippen molar-refractivity contribution in [2.24, 2.45) is 5.92 Å². The highest BCUT2D eigenvalue weighted by atomic mass is 16.6. The van der Waals surface area contributed by atoms with E-state index in [1.807, 2.05) is 60.7 Å². The maximum Gasteiger partial charge on any atom is 0.303 e. The van der Waals surface area contributed by atoms with Crippen LogP contribution in [0.5, 0.6) is 5.75 Å². The van der Waals surface area contributed by atoms with Gasteiger partial charge in [0, 0.05) is 36.3 Å². The van der Waals surface area contributed by atoms with Crippen LogP contribution in [0.25, 0.3) is 10.8 Å². The number of aromatic hydroxyl groups is 1. The molecule has 3 aromatic rings. The van der Waals surface area contributed by atoms with E-state index in [2.05, 4.69) is 26.2 Å². The van der Waals surface area contributed by atoms with Crippen molar-refractivity contribution in [1.29, 1.82) is 0 Å². The summed E-state index contributed by atoms with van der Waals surface area (Å²) < 4.78 is 7.23. The molecular weight excluding hydrogens is 488 g/mol. The van der Waals surface area contributed by atoms with Crippen molar-refractivity contribution in [3.63, 3.8) is 0 Å². The van der Waals surface area contributed by atoms with E-state index in [0.29, 0.717) is 30.9 Å². The summed E-state index contributed by atoms with van der Waals surface area (Å²) in [5.41, 5.74) is 0.371. The number of phenolic OH excluding ortho intramolecular Hbond substituents is 1. The molecule has 2 aliphatic rings. The summed E-state index contributed by atoms with van der Waals surface area (Å²) >= 11 is 0. The predicted octanol–water partition coefficient (Wildman–Crippen LogP) is 5.57. The summed E-state index contributed by atoms with van der Waals surface area (Å²) in [4.78, 5) is 26.1. The van der Waals surface area contributed by atoms with Gasteiger partial charge >= 0.3 is 5.97 Å². The molecule has 2 fully saturated rings. The third kappa shape index (κ3) is 5.27. The number of likely N-dealkylation sites (tertiary alicyclic amines) is 1. The number of nitrogens with zero attached hydrogens (tertiary/aromatic N) is 1. The van der Waals surface area contributed by atoms with Crippen molar-refractivity contribution < 1.29 is 23.9 Å². The molecule has 1 unspecified atom stereocenters. The van der Waals surface area contributed by atoms with Crippen LogP contribution in [-0.4, -0.2) is 59.8 Å². The number of ether oxygens (including phenoxy) is 1. The second kappa shape index (κ2) is 10.3. The van der Waals surface area contributed by atoms with Gasteiger partial charge < -0.3 is 19.6 Å². The fourth-order valence-corrected chi connectivity index (χ4v) is 7.62. The molecule has 0 aromatic heterocycles. The van der Waals surface area contributed by atoms with Gasteiger partial charge in [-0.3, -0.25) is 9.59 Å². The molecule has 1 aliphatic heterocycles. The van der Waals surface area contributed by atoms with E-state index in [1.54, 1.807) is 6.07 Å². The first kappa shape index (κ1) is 27.2. The largest absolute Gasteiger partial charge is 0.508 e. The molecule has 0 radical (unpaired) electrons. The lowest BCUT2D eigenvalue weighted by Crippen LogP contribution is -2.73. The zero-order chi connectivity index (χ0) is 27.8. The molecule has 6 nitrogen and oxygen atoms in total. The molecule has 1 saturated heterocycles. The molecule has 0 bridgehead atoms. The average molecular weight is 530 g/mol. The standard InChI is InChI=1S/C33H40N2O4/c1-23(2)21-35(4)17-16-32(28-10-7-11-30(37)19-28)20-29(14-15-33(32,22-35)39-24(3)36)34-31(38)27-13-12-25-8-5-6-9-26(25)18-27/h5-13,18-19,23,29H,14-17,20-22H2,1-4H3,(H-,34,37,38)/p+1/t29-,32+,33?,35-/m0/s1. The number of rotatable bonds is 6. The van der Waals surface area contributed by atoms with Gasteiger partial charge in [-0.2, -0.15) is 0 Å². The SMILES string of the molecule is CC(=O)OC12CC[C@H](NC(=O)c3ccc4ccccc4c3)C[C@@]1(c1cccc(O)c1)CC[N@@+](C)(CC(C)C)C2. The highest BCUT2D eigenvalue weighted by Crippen LogP contribution is 2.55. The van der Waals surface area contributed by atoms with Gasteiger partial charge in [0.25, 0.3) is 5.91 Å². The Labute approximate surface area is 231 Å². The second-order valence-electron chi connectivity index (χ2n) is 12.5. The molecule has 1 aliphatic carbocycles. The highest BCUT2D eigenvalue weighted by Gasteiger charge is 2.64. The van der Waals surface area contributed by atoms with Gasteiger partial charge in [-0.15, -0.1) is 0 Å². The minimum Gasteiger partial charge on any atom is -0.508 e. The Morgan fingerprint density at radius 2 is 1.82 bits per heavy atom. The van der Waals surface area contributed by atoms with Crippen LogP contribution >= 0.6 is 0 Å². The maximum absolute atomic E-state index is 13.5. The zero-order valence-electron chi connectivity index (χ0n) is 23.6. The molecule has 3 aromatic carbocycles.